The minimum atomic E-state index is -2.95. The molecule has 0 aromatic carbocycles. The van der Waals surface area contributed by atoms with Gasteiger partial charge in [-0.15, -0.1) is 0 Å². The zero-order valence-electron chi connectivity index (χ0n) is 17.6. The van der Waals surface area contributed by atoms with E-state index in [2.05, 4.69) is 22.1 Å². The molecule has 0 saturated carbocycles. The van der Waals surface area contributed by atoms with Crippen LogP contribution in [0.5, 0.6) is 0 Å². The van der Waals surface area contributed by atoms with E-state index in [1.54, 1.807) is 18.7 Å². The van der Waals surface area contributed by atoms with Crippen molar-refractivity contribution in [3.8, 4) is 0 Å². The number of hydrogen-bond donors (Lipinski definition) is 1. The van der Waals surface area contributed by atoms with Gasteiger partial charge in [0.2, 0.25) is 5.91 Å². The van der Waals surface area contributed by atoms with Crippen molar-refractivity contribution in [1.82, 2.24) is 15.2 Å². The number of rotatable bonds is 5. The molecule has 0 aliphatic carbocycles. The predicted molar refractivity (Wildman–Crippen MR) is 107 cm³/mol. The number of anilines is 1. The van der Waals surface area contributed by atoms with E-state index in [0.29, 0.717) is 24.8 Å². The van der Waals surface area contributed by atoms with Crippen LogP contribution in [0.3, 0.4) is 0 Å². The van der Waals surface area contributed by atoms with E-state index in [4.69, 9.17) is 0 Å². The van der Waals surface area contributed by atoms with Crippen molar-refractivity contribution in [1.29, 1.82) is 0 Å². The Morgan fingerprint density at radius 2 is 2.14 bits per heavy atom. The molecule has 1 amide bonds. The van der Waals surface area contributed by atoms with Gasteiger partial charge >= 0.3 is 0 Å². The van der Waals surface area contributed by atoms with Crippen molar-refractivity contribution in [3.05, 3.63) is 23.5 Å². The normalized spacial score (nSPS) is 22.6. The van der Waals surface area contributed by atoms with Gasteiger partial charge in [0.1, 0.15) is 0 Å². The zero-order valence-corrected chi connectivity index (χ0v) is 17.6. The van der Waals surface area contributed by atoms with Crippen LogP contribution in [0.15, 0.2) is 12.3 Å². The molecule has 2 aliphatic heterocycles. The lowest BCUT2D eigenvalue weighted by Crippen LogP contribution is -2.52. The average molecular weight is 395 g/mol. The van der Waals surface area contributed by atoms with Gasteiger partial charge in [0, 0.05) is 55.8 Å². The van der Waals surface area contributed by atoms with Gasteiger partial charge in [-0.2, -0.15) is 0 Å². The fourth-order valence-electron chi connectivity index (χ4n) is 4.22. The third kappa shape index (κ3) is 4.35. The van der Waals surface area contributed by atoms with Crippen LogP contribution in [0, 0.1) is 5.92 Å². The van der Waals surface area contributed by atoms with Gasteiger partial charge in [-0.3, -0.25) is 14.7 Å². The summed E-state index contributed by atoms with van der Waals surface area (Å²) < 4.78 is 29.3. The van der Waals surface area contributed by atoms with E-state index < -0.39 is 5.92 Å². The molecule has 1 atom stereocenters. The first-order valence-electron chi connectivity index (χ1n) is 10.1. The smallest absolute Gasteiger partial charge is 0.275 e. The number of alkyl halides is 2. The molecular formula is C21H32F2N4O. The fraction of sp³-hybridized carbons (Fsp3) is 0.714. The van der Waals surface area contributed by atoms with Crippen molar-refractivity contribution in [2.24, 2.45) is 5.92 Å². The number of nitrogens with one attached hydrogen (secondary N) is 1. The highest BCUT2D eigenvalue weighted by Crippen LogP contribution is 2.43. The van der Waals surface area contributed by atoms with Crippen LogP contribution in [-0.4, -0.2) is 54.6 Å². The SMILES string of the molecule is CC(C)CC(F)(F)c1cnc2c(c1)N(C(=O)CN1CCN[C@H](C)C1)CC2(C)C. The van der Waals surface area contributed by atoms with Crippen molar-refractivity contribution in [2.75, 3.05) is 37.6 Å². The van der Waals surface area contributed by atoms with Crippen LogP contribution in [0.1, 0.15) is 52.3 Å². The van der Waals surface area contributed by atoms with Gasteiger partial charge in [-0.05, 0) is 18.9 Å². The van der Waals surface area contributed by atoms with Crippen LogP contribution < -0.4 is 10.2 Å². The Bertz CT molecular complexity index is 735. The molecule has 1 fully saturated rings. The van der Waals surface area contributed by atoms with Gasteiger partial charge in [-0.1, -0.05) is 27.7 Å². The molecule has 0 spiro atoms. The maximum atomic E-state index is 14.7. The zero-order chi connectivity index (χ0) is 20.7. The fourth-order valence-corrected chi connectivity index (χ4v) is 4.22. The maximum Gasteiger partial charge on any atom is 0.275 e. The first-order chi connectivity index (χ1) is 13.0. The average Bonchev–Trinajstić information content (AvgIpc) is 2.85. The molecule has 0 unspecified atom stereocenters. The highest BCUT2D eigenvalue weighted by molar-refractivity contribution is 5.97. The lowest BCUT2D eigenvalue weighted by Gasteiger charge is -2.32. The highest BCUT2D eigenvalue weighted by Gasteiger charge is 2.42. The molecule has 28 heavy (non-hydrogen) atoms. The number of hydrogen-bond acceptors (Lipinski definition) is 4. The van der Waals surface area contributed by atoms with Gasteiger partial charge < -0.3 is 10.2 Å². The summed E-state index contributed by atoms with van der Waals surface area (Å²) >= 11 is 0. The Kier molecular flexibility index (Phi) is 5.79. The second-order valence-corrected chi connectivity index (χ2v) is 9.35. The Hall–Kier alpha value is -1.60. The number of nitrogens with zero attached hydrogens (tertiary/aromatic N) is 3. The molecule has 0 bridgehead atoms. The van der Waals surface area contributed by atoms with Gasteiger partial charge in [-0.25, -0.2) is 8.78 Å². The third-order valence-electron chi connectivity index (χ3n) is 5.55. The molecular weight excluding hydrogens is 362 g/mol. The maximum absolute atomic E-state index is 14.7. The van der Waals surface area contributed by atoms with Crippen LogP contribution in [0.2, 0.25) is 0 Å². The summed E-state index contributed by atoms with van der Waals surface area (Å²) in [4.78, 5) is 21.2. The molecule has 1 aromatic rings. The van der Waals surface area contributed by atoms with Crippen LogP contribution in [-0.2, 0) is 16.1 Å². The molecule has 1 aromatic heterocycles. The topological polar surface area (TPSA) is 48.5 Å². The van der Waals surface area contributed by atoms with Crippen LogP contribution in [0.25, 0.3) is 0 Å². The van der Waals surface area contributed by atoms with Crippen molar-refractivity contribution in [2.45, 2.75) is 58.4 Å². The lowest BCUT2D eigenvalue weighted by molar-refractivity contribution is -0.120. The molecule has 5 nitrogen and oxygen atoms in total. The minimum absolute atomic E-state index is 0.0490. The van der Waals surface area contributed by atoms with E-state index in [1.165, 1.54) is 12.3 Å². The largest absolute Gasteiger partial charge is 0.312 e. The molecule has 156 valence electrons. The second-order valence-electron chi connectivity index (χ2n) is 9.35. The van der Waals surface area contributed by atoms with Crippen LogP contribution in [0.4, 0.5) is 14.5 Å². The lowest BCUT2D eigenvalue weighted by atomic mass is 9.90. The number of aromatic nitrogens is 1. The molecule has 1 saturated heterocycles. The number of halogens is 2. The standard InChI is InChI=1S/C21H32F2N4O/c1-14(2)9-21(22,23)16-8-17-19(25-10-16)20(4,5)13-27(17)18(28)12-26-7-6-24-15(3)11-26/h8,10,14-15,24H,6-7,9,11-13H2,1-5H3/t15-/m1/s1. The Morgan fingerprint density at radius 3 is 2.79 bits per heavy atom. The Labute approximate surface area is 166 Å². The Balaban J connectivity index is 1.86. The van der Waals surface area contributed by atoms with Crippen LogP contribution >= 0.6 is 0 Å². The summed E-state index contributed by atoms with van der Waals surface area (Å²) in [7, 11) is 0. The molecule has 2 aliphatic rings. The van der Waals surface area contributed by atoms with Gasteiger partial charge in [0.25, 0.3) is 5.92 Å². The van der Waals surface area contributed by atoms with Crippen molar-refractivity contribution in [3.63, 3.8) is 0 Å². The summed E-state index contributed by atoms with van der Waals surface area (Å²) in [6.45, 7) is 12.9. The van der Waals surface area contributed by atoms with E-state index in [1.807, 2.05) is 13.8 Å². The van der Waals surface area contributed by atoms with E-state index in [9.17, 15) is 13.6 Å². The number of fused-ring (bicyclic) bond motifs is 1. The summed E-state index contributed by atoms with van der Waals surface area (Å²) in [5.41, 5.74) is 0.803. The van der Waals surface area contributed by atoms with E-state index in [-0.39, 0.29) is 29.2 Å². The Morgan fingerprint density at radius 1 is 1.43 bits per heavy atom. The molecule has 7 heteroatoms. The monoisotopic (exact) mass is 394 g/mol. The molecule has 1 N–H and O–H groups in total. The highest BCUT2D eigenvalue weighted by atomic mass is 19.3. The summed E-state index contributed by atoms with van der Waals surface area (Å²) in [5.74, 6) is -3.13. The first-order valence-corrected chi connectivity index (χ1v) is 10.1. The molecule has 3 rings (SSSR count). The van der Waals surface area contributed by atoms with Crippen molar-refractivity contribution < 1.29 is 13.6 Å². The van der Waals surface area contributed by atoms with E-state index in [0.717, 1.165) is 25.3 Å². The molecule has 3 heterocycles. The minimum Gasteiger partial charge on any atom is -0.312 e. The third-order valence-corrected chi connectivity index (χ3v) is 5.55. The number of piperazine rings is 1. The van der Waals surface area contributed by atoms with Gasteiger partial charge in [0.05, 0.1) is 17.9 Å². The molecule has 0 radical (unpaired) electrons. The number of amides is 1. The summed E-state index contributed by atoms with van der Waals surface area (Å²) in [6.07, 6.45) is 1.05. The van der Waals surface area contributed by atoms with E-state index >= 15 is 0 Å². The number of carbonyl (C=O) groups excluding carboxylic acids is 1. The quantitative estimate of drug-likeness (QED) is 0.834. The number of carbonyl (C=O) groups is 1. The summed E-state index contributed by atoms with van der Waals surface area (Å²) in [6, 6.07) is 1.82. The number of pyridine rings is 1. The van der Waals surface area contributed by atoms with Crippen molar-refractivity contribution >= 4 is 11.6 Å². The predicted octanol–water partition coefficient (Wildman–Crippen LogP) is 3.14. The van der Waals surface area contributed by atoms with Gasteiger partial charge in [0.15, 0.2) is 0 Å². The summed E-state index contributed by atoms with van der Waals surface area (Å²) in [5, 5.41) is 3.36. The second kappa shape index (κ2) is 7.67. The first kappa shape index (κ1) is 21.1.